The maximum Gasteiger partial charge on any atom is 0.269 e. The van der Waals surface area contributed by atoms with Gasteiger partial charge in [-0.3, -0.25) is 19.7 Å². The van der Waals surface area contributed by atoms with Gasteiger partial charge < -0.3 is 20.2 Å². The molecule has 2 N–H and O–H groups in total. The molecule has 39 heavy (non-hydrogen) atoms. The minimum Gasteiger partial charge on any atom is -0.385 e. The van der Waals surface area contributed by atoms with E-state index in [1.165, 1.54) is 12.1 Å². The standard InChI is InChI=1S/C30H42N4O5/c1-4-33(28(35)22-24-10-12-27(13-11-24)34(38)39)26-14-19-32(20-15-26)21-17-30(37,25-8-6-5-7-9-25)16-18-31-29(36)23(2)3/h5-13,23,26,37H,4,14-22H2,1-3H3,(H,31,36). The first-order valence-electron chi connectivity index (χ1n) is 13.9. The third kappa shape index (κ3) is 8.60. The van der Waals surface area contributed by atoms with Crippen molar-refractivity contribution in [1.82, 2.24) is 15.1 Å². The molecule has 212 valence electrons. The molecule has 2 amide bonds. The first-order valence-corrected chi connectivity index (χ1v) is 13.9. The number of rotatable bonds is 13. The second kappa shape index (κ2) is 14.2. The summed E-state index contributed by atoms with van der Waals surface area (Å²) < 4.78 is 0. The maximum absolute atomic E-state index is 13.1. The van der Waals surface area contributed by atoms with Gasteiger partial charge >= 0.3 is 0 Å². The van der Waals surface area contributed by atoms with E-state index in [0.29, 0.717) is 25.9 Å². The second-order valence-corrected chi connectivity index (χ2v) is 10.7. The average molecular weight is 539 g/mol. The molecule has 3 rings (SSSR count). The number of piperidine rings is 1. The molecule has 0 aliphatic carbocycles. The van der Waals surface area contributed by atoms with Crippen LogP contribution in [-0.4, -0.2) is 70.4 Å². The van der Waals surface area contributed by atoms with Crippen LogP contribution in [0.1, 0.15) is 57.6 Å². The zero-order valence-corrected chi connectivity index (χ0v) is 23.3. The van der Waals surface area contributed by atoms with Crippen LogP contribution < -0.4 is 5.32 Å². The second-order valence-electron chi connectivity index (χ2n) is 10.7. The van der Waals surface area contributed by atoms with E-state index in [0.717, 1.165) is 43.6 Å². The Bertz CT molecular complexity index is 1080. The monoisotopic (exact) mass is 538 g/mol. The SMILES string of the molecule is CCN(C(=O)Cc1ccc([N+](=O)[O-])cc1)C1CCN(CCC(O)(CCNC(=O)C(C)C)c2ccccc2)CC1. The highest BCUT2D eigenvalue weighted by atomic mass is 16.6. The van der Waals surface area contributed by atoms with Gasteiger partial charge in [-0.2, -0.15) is 0 Å². The normalized spacial score (nSPS) is 16.0. The summed E-state index contributed by atoms with van der Waals surface area (Å²) in [6.07, 6.45) is 2.92. The first-order chi connectivity index (χ1) is 18.6. The summed E-state index contributed by atoms with van der Waals surface area (Å²) in [4.78, 5) is 39.8. The van der Waals surface area contributed by atoms with Gasteiger partial charge in [0.05, 0.1) is 16.9 Å². The summed E-state index contributed by atoms with van der Waals surface area (Å²) in [7, 11) is 0. The van der Waals surface area contributed by atoms with Crippen LogP contribution in [0.4, 0.5) is 5.69 Å². The molecule has 9 heteroatoms. The van der Waals surface area contributed by atoms with E-state index in [1.807, 2.05) is 56.0 Å². The van der Waals surface area contributed by atoms with Crippen molar-refractivity contribution in [1.29, 1.82) is 0 Å². The van der Waals surface area contributed by atoms with Crippen molar-refractivity contribution < 1.29 is 19.6 Å². The van der Waals surface area contributed by atoms with Gasteiger partial charge in [-0.05, 0) is 43.7 Å². The largest absolute Gasteiger partial charge is 0.385 e. The smallest absolute Gasteiger partial charge is 0.269 e. The Morgan fingerprint density at radius 2 is 1.74 bits per heavy atom. The van der Waals surface area contributed by atoms with Crippen molar-refractivity contribution in [3.8, 4) is 0 Å². The molecule has 1 fully saturated rings. The molecule has 1 saturated heterocycles. The van der Waals surface area contributed by atoms with Gasteiger partial charge in [-0.1, -0.05) is 56.3 Å². The van der Waals surface area contributed by atoms with Gasteiger partial charge in [0.15, 0.2) is 0 Å². The third-order valence-electron chi connectivity index (χ3n) is 7.68. The van der Waals surface area contributed by atoms with Crippen LogP contribution in [-0.2, 0) is 21.6 Å². The van der Waals surface area contributed by atoms with Gasteiger partial charge in [0.2, 0.25) is 11.8 Å². The Morgan fingerprint density at radius 1 is 1.10 bits per heavy atom. The number of carbonyl (C=O) groups excluding carboxylic acids is 2. The zero-order valence-electron chi connectivity index (χ0n) is 23.3. The van der Waals surface area contributed by atoms with Crippen LogP contribution in [0.25, 0.3) is 0 Å². The number of nitrogens with one attached hydrogen (secondary N) is 1. The molecule has 2 aromatic carbocycles. The molecular formula is C30H42N4O5. The van der Waals surface area contributed by atoms with Crippen molar-refractivity contribution in [2.24, 2.45) is 5.92 Å². The summed E-state index contributed by atoms with van der Waals surface area (Å²) in [5.74, 6) is -0.0809. The van der Waals surface area contributed by atoms with Gasteiger partial charge in [-0.15, -0.1) is 0 Å². The summed E-state index contributed by atoms with van der Waals surface area (Å²) in [6, 6.07) is 16.0. The molecule has 0 aromatic heterocycles. The minimum atomic E-state index is -1.04. The number of nitro groups is 1. The highest BCUT2D eigenvalue weighted by Gasteiger charge is 2.32. The van der Waals surface area contributed by atoms with Gasteiger partial charge in [-0.25, -0.2) is 0 Å². The van der Waals surface area contributed by atoms with E-state index < -0.39 is 10.5 Å². The molecule has 1 aliphatic rings. The number of hydrogen-bond acceptors (Lipinski definition) is 6. The van der Waals surface area contributed by atoms with Crippen molar-refractivity contribution in [2.45, 2.75) is 64.5 Å². The van der Waals surface area contributed by atoms with E-state index in [1.54, 1.807) is 12.1 Å². The predicted octanol–water partition coefficient (Wildman–Crippen LogP) is 3.89. The van der Waals surface area contributed by atoms with Crippen molar-refractivity contribution in [2.75, 3.05) is 32.7 Å². The van der Waals surface area contributed by atoms with Crippen LogP contribution >= 0.6 is 0 Å². The number of likely N-dealkylation sites (tertiary alicyclic amines) is 1. The molecule has 0 radical (unpaired) electrons. The Kier molecular flexibility index (Phi) is 11.0. The van der Waals surface area contributed by atoms with E-state index in [9.17, 15) is 24.8 Å². The third-order valence-corrected chi connectivity index (χ3v) is 7.68. The molecule has 1 atom stereocenters. The topological polar surface area (TPSA) is 116 Å². The van der Waals surface area contributed by atoms with Crippen LogP contribution in [0.15, 0.2) is 54.6 Å². The summed E-state index contributed by atoms with van der Waals surface area (Å²) in [5, 5.41) is 25.4. The number of aliphatic hydroxyl groups is 1. The van der Waals surface area contributed by atoms with Crippen molar-refractivity contribution in [3.05, 3.63) is 75.8 Å². The highest BCUT2D eigenvalue weighted by Crippen LogP contribution is 2.30. The fourth-order valence-corrected chi connectivity index (χ4v) is 5.21. The van der Waals surface area contributed by atoms with Gasteiger partial charge in [0.25, 0.3) is 5.69 Å². The van der Waals surface area contributed by atoms with Crippen molar-refractivity contribution in [3.63, 3.8) is 0 Å². The lowest BCUT2D eigenvalue weighted by Gasteiger charge is -2.39. The van der Waals surface area contributed by atoms with E-state index in [-0.39, 0.29) is 35.9 Å². The lowest BCUT2D eigenvalue weighted by molar-refractivity contribution is -0.384. The van der Waals surface area contributed by atoms with E-state index in [2.05, 4.69) is 10.2 Å². The molecule has 1 aliphatic heterocycles. The molecule has 9 nitrogen and oxygen atoms in total. The summed E-state index contributed by atoms with van der Waals surface area (Å²) in [5.41, 5.74) is 0.600. The Balaban J connectivity index is 1.53. The van der Waals surface area contributed by atoms with Crippen LogP contribution in [0.3, 0.4) is 0 Å². The fraction of sp³-hybridized carbons (Fsp3) is 0.533. The number of carbonyl (C=O) groups is 2. The van der Waals surface area contributed by atoms with Crippen LogP contribution in [0.5, 0.6) is 0 Å². The highest BCUT2D eigenvalue weighted by molar-refractivity contribution is 5.79. The number of nitrogens with zero attached hydrogens (tertiary/aromatic N) is 3. The fourth-order valence-electron chi connectivity index (χ4n) is 5.21. The molecule has 1 heterocycles. The Hall–Kier alpha value is -3.30. The van der Waals surface area contributed by atoms with Gasteiger partial charge in [0.1, 0.15) is 0 Å². The number of amides is 2. The number of likely N-dealkylation sites (N-methyl/N-ethyl adjacent to an activating group) is 1. The minimum absolute atomic E-state index is 0.0175. The maximum atomic E-state index is 13.1. The number of hydrogen-bond donors (Lipinski definition) is 2. The lowest BCUT2D eigenvalue weighted by Crippen LogP contribution is -2.48. The molecule has 0 spiro atoms. The van der Waals surface area contributed by atoms with Crippen molar-refractivity contribution >= 4 is 17.5 Å². The average Bonchev–Trinajstić information content (AvgIpc) is 2.93. The Labute approximate surface area is 231 Å². The van der Waals surface area contributed by atoms with Crippen LogP contribution in [0.2, 0.25) is 0 Å². The molecule has 0 bridgehead atoms. The number of benzene rings is 2. The number of non-ortho nitro benzene ring substituents is 1. The molecule has 0 saturated carbocycles. The Morgan fingerprint density at radius 3 is 2.31 bits per heavy atom. The summed E-state index contributed by atoms with van der Waals surface area (Å²) >= 11 is 0. The lowest BCUT2D eigenvalue weighted by atomic mass is 9.86. The molecule has 1 unspecified atom stereocenters. The quantitative estimate of drug-likeness (QED) is 0.295. The summed E-state index contributed by atoms with van der Waals surface area (Å²) in [6.45, 7) is 9.11. The molecule has 2 aromatic rings. The zero-order chi connectivity index (χ0) is 28.4. The predicted molar refractivity (Wildman–Crippen MR) is 151 cm³/mol. The molecular weight excluding hydrogens is 496 g/mol. The first kappa shape index (κ1) is 30.2. The number of nitro benzene ring substituents is 1. The van der Waals surface area contributed by atoms with E-state index in [4.69, 9.17) is 0 Å². The van der Waals surface area contributed by atoms with E-state index >= 15 is 0 Å². The van der Waals surface area contributed by atoms with Gasteiger partial charge in [0, 0.05) is 56.8 Å². The van der Waals surface area contributed by atoms with Crippen LogP contribution in [0, 0.1) is 16.0 Å².